The monoisotopic (exact) mass is 366 g/mol. The van der Waals surface area contributed by atoms with E-state index in [1.54, 1.807) is 0 Å². The lowest BCUT2D eigenvalue weighted by atomic mass is 9.72. The SMILES string of the molecule is Nc1ncc(Cl)c(C2OCC23CNc2cc(Br)ccc23)n1. The normalized spacial score (nSPS) is 26.3. The molecule has 2 aliphatic rings. The first-order valence-electron chi connectivity index (χ1n) is 6.53. The number of hydrogen-bond acceptors (Lipinski definition) is 5. The second-order valence-corrected chi connectivity index (χ2v) is 6.67. The van der Waals surface area contributed by atoms with Crippen LogP contribution >= 0.6 is 27.5 Å². The lowest BCUT2D eigenvalue weighted by Crippen LogP contribution is -2.51. The molecule has 1 saturated heterocycles. The van der Waals surface area contributed by atoms with E-state index in [4.69, 9.17) is 22.1 Å². The number of nitrogens with two attached hydrogens (primary N) is 1. The second kappa shape index (κ2) is 4.56. The summed E-state index contributed by atoms with van der Waals surface area (Å²) in [6.07, 6.45) is 1.32. The van der Waals surface area contributed by atoms with Crippen LogP contribution in [-0.2, 0) is 10.2 Å². The molecule has 2 aromatic rings. The zero-order valence-electron chi connectivity index (χ0n) is 10.9. The van der Waals surface area contributed by atoms with Crippen LogP contribution in [0, 0.1) is 0 Å². The van der Waals surface area contributed by atoms with E-state index in [2.05, 4.69) is 43.3 Å². The minimum atomic E-state index is -0.203. The number of nitrogens with one attached hydrogen (secondary N) is 1. The van der Waals surface area contributed by atoms with Crippen molar-refractivity contribution < 1.29 is 4.74 Å². The van der Waals surface area contributed by atoms with Gasteiger partial charge in [-0.3, -0.25) is 0 Å². The van der Waals surface area contributed by atoms with Gasteiger partial charge in [0.2, 0.25) is 5.95 Å². The van der Waals surface area contributed by atoms with Crippen LogP contribution in [0.5, 0.6) is 0 Å². The molecular formula is C14H12BrClN4O. The molecular weight excluding hydrogens is 356 g/mol. The van der Waals surface area contributed by atoms with Crippen LogP contribution in [0.25, 0.3) is 0 Å². The lowest BCUT2D eigenvalue weighted by molar-refractivity contribution is -0.136. The third-order valence-corrected chi connectivity index (χ3v) is 4.94. The van der Waals surface area contributed by atoms with E-state index in [-0.39, 0.29) is 17.5 Å². The fourth-order valence-electron chi connectivity index (χ4n) is 3.09. The number of anilines is 2. The summed E-state index contributed by atoms with van der Waals surface area (Å²) in [6, 6.07) is 6.24. The summed E-state index contributed by atoms with van der Waals surface area (Å²) in [6.45, 7) is 1.43. The van der Waals surface area contributed by atoms with Crippen LogP contribution < -0.4 is 11.1 Å². The van der Waals surface area contributed by atoms with Gasteiger partial charge in [0.25, 0.3) is 0 Å². The summed E-state index contributed by atoms with van der Waals surface area (Å²) >= 11 is 9.72. The highest BCUT2D eigenvalue weighted by atomic mass is 79.9. The molecule has 1 aromatic heterocycles. The largest absolute Gasteiger partial charge is 0.384 e. The molecule has 1 aromatic carbocycles. The van der Waals surface area contributed by atoms with Crippen molar-refractivity contribution in [1.82, 2.24) is 9.97 Å². The van der Waals surface area contributed by atoms with E-state index in [1.165, 1.54) is 11.8 Å². The number of fused-ring (bicyclic) bond motifs is 2. The molecule has 3 heterocycles. The number of ether oxygens (including phenoxy) is 1. The Morgan fingerprint density at radius 2 is 2.33 bits per heavy atom. The van der Waals surface area contributed by atoms with E-state index in [0.29, 0.717) is 17.3 Å². The third-order valence-electron chi connectivity index (χ3n) is 4.16. The zero-order chi connectivity index (χ0) is 14.6. The number of halogens is 2. The predicted octanol–water partition coefficient (Wildman–Crippen LogP) is 2.91. The Morgan fingerprint density at radius 3 is 3.10 bits per heavy atom. The molecule has 1 fully saturated rings. The quantitative estimate of drug-likeness (QED) is 0.811. The fourth-order valence-corrected chi connectivity index (χ4v) is 3.65. The van der Waals surface area contributed by atoms with Crippen LogP contribution in [-0.4, -0.2) is 23.1 Å². The Balaban J connectivity index is 1.80. The van der Waals surface area contributed by atoms with Crippen molar-refractivity contribution >= 4 is 39.2 Å². The molecule has 21 heavy (non-hydrogen) atoms. The Bertz CT molecular complexity index is 741. The molecule has 4 rings (SSSR count). The molecule has 108 valence electrons. The molecule has 1 spiro atoms. The van der Waals surface area contributed by atoms with Crippen molar-refractivity contribution in [3.05, 3.63) is 45.1 Å². The van der Waals surface area contributed by atoms with Crippen LogP contribution in [0.3, 0.4) is 0 Å². The van der Waals surface area contributed by atoms with Gasteiger partial charge >= 0.3 is 0 Å². The number of nitrogen functional groups attached to an aromatic ring is 1. The standard InChI is InChI=1S/C14H12BrClN4O/c15-7-1-2-8-10(3-7)19-5-14(8)6-21-12(14)11-9(16)4-18-13(17)20-11/h1-4,12,19H,5-6H2,(H2,17,18,20). The van der Waals surface area contributed by atoms with Crippen molar-refractivity contribution in [1.29, 1.82) is 0 Å². The van der Waals surface area contributed by atoms with Gasteiger partial charge in [-0.05, 0) is 17.7 Å². The lowest BCUT2D eigenvalue weighted by Gasteiger charge is -2.46. The van der Waals surface area contributed by atoms with Crippen molar-refractivity contribution in [2.75, 3.05) is 24.2 Å². The molecule has 0 aliphatic carbocycles. The number of benzene rings is 1. The number of nitrogens with zero attached hydrogens (tertiary/aromatic N) is 2. The van der Waals surface area contributed by atoms with Gasteiger partial charge in [-0.25, -0.2) is 9.97 Å². The molecule has 3 N–H and O–H groups in total. The molecule has 0 saturated carbocycles. The number of rotatable bonds is 1. The Kier molecular flexibility index (Phi) is 2.89. The van der Waals surface area contributed by atoms with Gasteiger partial charge in [0.15, 0.2) is 0 Å². The number of aromatic nitrogens is 2. The number of hydrogen-bond donors (Lipinski definition) is 2. The summed E-state index contributed by atoms with van der Waals surface area (Å²) in [5.41, 5.74) is 8.56. The van der Waals surface area contributed by atoms with Gasteiger partial charge in [-0.2, -0.15) is 0 Å². The van der Waals surface area contributed by atoms with E-state index in [0.717, 1.165) is 16.7 Å². The molecule has 2 aliphatic heterocycles. The maximum absolute atomic E-state index is 6.23. The van der Waals surface area contributed by atoms with Crippen molar-refractivity contribution in [3.8, 4) is 0 Å². The van der Waals surface area contributed by atoms with E-state index < -0.39 is 0 Å². The van der Waals surface area contributed by atoms with Gasteiger partial charge in [-0.1, -0.05) is 33.6 Å². The van der Waals surface area contributed by atoms with Gasteiger partial charge in [0.05, 0.1) is 28.9 Å². The van der Waals surface area contributed by atoms with Gasteiger partial charge in [0, 0.05) is 16.7 Å². The summed E-state index contributed by atoms with van der Waals surface area (Å²) in [5, 5.41) is 3.92. The summed E-state index contributed by atoms with van der Waals surface area (Å²) in [7, 11) is 0. The Morgan fingerprint density at radius 1 is 1.48 bits per heavy atom. The molecule has 0 radical (unpaired) electrons. The smallest absolute Gasteiger partial charge is 0.220 e. The van der Waals surface area contributed by atoms with Crippen molar-refractivity contribution in [3.63, 3.8) is 0 Å². The minimum Gasteiger partial charge on any atom is -0.384 e. The van der Waals surface area contributed by atoms with Crippen LogP contribution in [0.1, 0.15) is 17.4 Å². The Labute approximate surface area is 135 Å². The van der Waals surface area contributed by atoms with E-state index in [1.807, 2.05) is 6.07 Å². The summed E-state index contributed by atoms with van der Waals surface area (Å²) < 4.78 is 6.84. The van der Waals surface area contributed by atoms with Crippen LogP contribution in [0.2, 0.25) is 5.02 Å². The van der Waals surface area contributed by atoms with E-state index in [9.17, 15) is 0 Å². The fraction of sp³-hybridized carbons (Fsp3) is 0.286. The minimum absolute atomic E-state index is 0.138. The second-order valence-electron chi connectivity index (χ2n) is 5.35. The maximum atomic E-state index is 6.23. The van der Waals surface area contributed by atoms with Crippen molar-refractivity contribution in [2.24, 2.45) is 0 Å². The third kappa shape index (κ3) is 1.86. The van der Waals surface area contributed by atoms with Gasteiger partial charge in [-0.15, -0.1) is 0 Å². The van der Waals surface area contributed by atoms with E-state index >= 15 is 0 Å². The van der Waals surface area contributed by atoms with Crippen molar-refractivity contribution in [2.45, 2.75) is 11.5 Å². The van der Waals surface area contributed by atoms with Crippen LogP contribution in [0.15, 0.2) is 28.9 Å². The first-order valence-corrected chi connectivity index (χ1v) is 7.71. The highest BCUT2D eigenvalue weighted by Crippen LogP contribution is 2.54. The molecule has 7 heteroatoms. The van der Waals surface area contributed by atoms with Crippen LogP contribution in [0.4, 0.5) is 11.6 Å². The highest BCUT2D eigenvalue weighted by molar-refractivity contribution is 9.10. The summed E-state index contributed by atoms with van der Waals surface area (Å²) in [5.74, 6) is 0.210. The molecule has 5 nitrogen and oxygen atoms in total. The zero-order valence-corrected chi connectivity index (χ0v) is 13.3. The average molecular weight is 368 g/mol. The maximum Gasteiger partial charge on any atom is 0.220 e. The average Bonchev–Trinajstić information content (AvgIpc) is 2.82. The van der Waals surface area contributed by atoms with Gasteiger partial charge < -0.3 is 15.8 Å². The molecule has 0 bridgehead atoms. The van der Waals surface area contributed by atoms with Gasteiger partial charge in [0.1, 0.15) is 6.10 Å². The molecule has 0 amide bonds. The molecule has 2 atom stereocenters. The first-order chi connectivity index (χ1) is 10.1. The predicted molar refractivity (Wildman–Crippen MR) is 84.5 cm³/mol. The topological polar surface area (TPSA) is 73.1 Å². The summed E-state index contributed by atoms with van der Waals surface area (Å²) in [4.78, 5) is 8.19. The first kappa shape index (κ1) is 13.3. The molecule has 2 unspecified atom stereocenters. The highest BCUT2D eigenvalue weighted by Gasteiger charge is 2.55. The Hall–Kier alpha value is -1.37.